The van der Waals surface area contributed by atoms with Crippen LogP contribution in [0.25, 0.3) is 11.4 Å². The number of aromatic nitrogens is 2. The van der Waals surface area contributed by atoms with Crippen LogP contribution in [0.4, 0.5) is 0 Å². The second-order valence-corrected chi connectivity index (χ2v) is 4.54. The van der Waals surface area contributed by atoms with E-state index in [1.807, 2.05) is 12.1 Å². The summed E-state index contributed by atoms with van der Waals surface area (Å²) in [6.45, 7) is 0. The maximum absolute atomic E-state index is 11.2. The first kappa shape index (κ1) is 14.5. The van der Waals surface area contributed by atoms with E-state index in [-0.39, 0.29) is 5.91 Å². The van der Waals surface area contributed by atoms with Crippen molar-refractivity contribution in [2.75, 3.05) is 7.11 Å². The number of nitrogens with one attached hydrogen (secondary N) is 1. The van der Waals surface area contributed by atoms with Gasteiger partial charge in [-0.05, 0) is 30.7 Å². The van der Waals surface area contributed by atoms with Crippen molar-refractivity contribution in [1.29, 1.82) is 0 Å². The number of hydrogen-bond donors (Lipinski definition) is 1. The minimum atomic E-state index is -0.176. The van der Waals surface area contributed by atoms with Gasteiger partial charge in [0.2, 0.25) is 17.6 Å². The van der Waals surface area contributed by atoms with Crippen LogP contribution in [0.3, 0.4) is 0 Å². The summed E-state index contributed by atoms with van der Waals surface area (Å²) in [5.41, 5.74) is 3.08. The fraction of sp³-hybridized carbons (Fsp3) is 0.308. The van der Waals surface area contributed by atoms with E-state index in [1.165, 1.54) is 7.11 Å². The molecular formula is C13H14ClN3O3. The SMILES string of the molecule is CONC(=O)CCCc1nc(-c2ccc(Cl)cc2)no1. The van der Waals surface area contributed by atoms with Gasteiger partial charge in [-0.3, -0.25) is 9.63 Å². The third kappa shape index (κ3) is 4.04. The van der Waals surface area contributed by atoms with Gasteiger partial charge in [-0.25, -0.2) is 5.48 Å². The minimum absolute atomic E-state index is 0.176. The molecule has 1 aromatic heterocycles. The molecule has 6 nitrogen and oxygen atoms in total. The smallest absolute Gasteiger partial charge is 0.243 e. The summed E-state index contributed by atoms with van der Waals surface area (Å²) >= 11 is 5.82. The monoisotopic (exact) mass is 295 g/mol. The Bertz CT molecular complexity index is 568. The largest absolute Gasteiger partial charge is 0.339 e. The Hall–Kier alpha value is -1.92. The topological polar surface area (TPSA) is 77.2 Å². The average Bonchev–Trinajstić information content (AvgIpc) is 2.89. The van der Waals surface area contributed by atoms with Gasteiger partial charge in [0.25, 0.3) is 0 Å². The number of amides is 1. The molecule has 20 heavy (non-hydrogen) atoms. The van der Waals surface area contributed by atoms with Crippen LogP contribution in [0.2, 0.25) is 5.02 Å². The lowest BCUT2D eigenvalue weighted by atomic mass is 10.2. The van der Waals surface area contributed by atoms with E-state index < -0.39 is 0 Å². The van der Waals surface area contributed by atoms with E-state index in [1.54, 1.807) is 12.1 Å². The predicted octanol–water partition coefficient (Wildman–Crippen LogP) is 2.39. The summed E-state index contributed by atoms with van der Waals surface area (Å²) < 4.78 is 5.13. The molecule has 2 rings (SSSR count). The normalized spacial score (nSPS) is 10.5. The van der Waals surface area contributed by atoms with Crippen LogP contribution in [0.5, 0.6) is 0 Å². The van der Waals surface area contributed by atoms with Gasteiger partial charge < -0.3 is 4.52 Å². The number of halogens is 1. The molecule has 0 unspecified atom stereocenters. The molecular weight excluding hydrogens is 282 g/mol. The van der Waals surface area contributed by atoms with Crippen molar-refractivity contribution in [3.05, 3.63) is 35.2 Å². The van der Waals surface area contributed by atoms with Gasteiger partial charge in [0.05, 0.1) is 7.11 Å². The molecule has 0 saturated heterocycles. The molecule has 0 fully saturated rings. The van der Waals surface area contributed by atoms with Crippen molar-refractivity contribution in [2.45, 2.75) is 19.3 Å². The second kappa shape index (κ2) is 7.02. The standard InChI is InChI=1S/C13H14ClN3O3/c1-19-16-11(18)3-2-4-12-15-13(17-20-12)9-5-7-10(14)8-6-9/h5-8H,2-4H2,1H3,(H,16,18). The van der Waals surface area contributed by atoms with E-state index in [2.05, 4.69) is 20.5 Å². The average molecular weight is 296 g/mol. The van der Waals surface area contributed by atoms with Crippen LogP contribution in [0, 0.1) is 0 Å². The van der Waals surface area contributed by atoms with Gasteiger partial charge >= 0.3 is 0 Å². The zero-order chi connectivity index (χ0) is 14.4. The highest BCUT2D eigenvalue weighted by Gasteiger charge is 2.09. The first-order valence-corrected chi connectivity index (χ1v) is 6.47. The van der Waals surface area contributed by atoms with Gasteiger partial charge in [-0.1, -0.05) is 16.8 Å². The molecule has 7 heteroatoms. The van der Waals surface area contributed by atoms with Gasteiger partial charge in [-0.2, -0.15) is 4.98 Å². The van der Waals surface area contributed by atoms with Crippen molar-refractivity contribution in [3.8, 4) is 11.4 Å². The van der Waals surface area contributed by atoms with Gasteiger partial charge in [-0.15, -0.1) is 0 Å². The molecule has 1 amide bonds. The Balaban J connectivity index is 1.89. The lowest BCUT2D eigenvalue weighted by molar-refractivity contribution is -0.131. The van der Waals surface area contributed by atoms with Crippen molar-refractivity contribution >= 4 is 17.5 Å². The van der Waals surface area contributed by atoms with Crippen molar-refractivity contribution in [2.24, 2.45) is 0 Å². The van der Waals surface area contributed by atoms with E-state index in [0.717, 1.165) is 5.56 Å². The Labute approximate surface area is 121 Å². The lowest BCUT2D eigenvalue weighted by Gasteiger charge is -1.99. The first-order valence-electron chi connectivity index (χ1n) is 6.09. The molecule has 1 heterocycles. The summed E-state index contributed by atoms with van der Waals surface area (Å²) in [5.74, 6) is 0.836. The highest BCUT2D eigenvalue weighted by Crippen LogP contribution is 2.19. The predicted molar refractivity (Wildman–Crippen MR) is 72.8 cm³/mol. The number of hydrogen-bond acceptors (Lipinski definition) is 5. The van der Waals surface area contributed by atoms with Gasteiger partial charge in [0.15, 0.2) is 0 Å². The number of carbonyl (C=O) groups is 1. The van der Waals surface area contributed by atoms with Crippen LogP contribution >= 0.6 is 11.6 Å². The molecule has 0 aliphatic carbocycles. The van der Waals surface area contributed by atoms with Crippen molar-refractivity contribution < 1.29 is 14.2 Å². The number of rotatable bonds is 6. The molecule has 0 radical (unpaired) electrons. The van der Waals surface area contributed by atoms with Crippen LogP contribution < -0.4 is 5.48 Å². The van der Waals surface area contributed by atoms with E-state index in [9.17, 15) is 4.79 Å². The zero-order valence-corrected chi connectivity index (χ0v) is 11.7. The zero-order valence-electron chi connectivity index (χ0n) is 10.9. The molecule has 0 atom stereocenters. The van der Waals surface area contributed by atoms with Crippen molar-refractivity contribution in [3.63, 3.8) is 0 Å². The molecule has 0 bridgehead atoms. The lowest BCUT2D eigenvalue weighted by Crippen LogP contribution is -2.21. The number of nitrogens with zero attached hydrogens (tertiary/aromatic N) is 2. The molecule has 2 aromatic rings. The summed E-state index contributed by atoms with van der Waals surface area (Å²) in [5, 5.41) is 4.55. The molecule has 1 N–H and O–H groups in total. The van der Waals surface area contributed by atoms with Crippen LogP contribution in [-0.4, -0.2) is 23.2 Å². The third-order valence-electron chi connectivity index (χ3n) is 2.58. The van der Waals surface area contributed by atoms with Gasteiger partial charge in [0.1, 0.15) is 0 Å². The Morgan fingerprint density at radius 1 is 1.40 bits per heavy atom. The molecule has 0 saturated carbocycles. The highest BCUT2D eigenvalue weighted by molar-refractivity contribution is 6.30. The number of hydroxylamine groups is 1. The number of aryl methyl sites for hydroxylation is 1. The van der Waals surface area contributed by atoms with E-state index in [4.69, 9.17) is 16.1 Å². The minimum Gasteiger partial charge on any atom is -0.339 e. The Morgan fingerprint density at radius 3 is 2.85 bits per heavy atom. The van der Waals surface area contributed by atoms with E-state index >= 15 is 0 Å². The Morgan fingerprint density at radius 2 is 2.15 bits per heavy atom. The van der Waals surface area contributed by atoms with Crippen LogP contribution in [-0.2, 0) is 16.1 Å². The summed E-state index contributed by atoms with van der Waals surface area (Å²) in [4.78, 5) is 20.0. The van der Waals surface area contributed by atoms with Crippen molar-refractivity contribution in [1.82, 2.24) is 15.6 Å². The van der Waals surface area contributed by atoms with Crippen LogP contribution in [0.15, 0.2) is 28.8 Å². The summed E-state index contributed by atoms with van der Waals surface area (Å²) in [6.07, 6.45) is 1.49. The number of benzene rings is 1. The molecule has 0 aliphatic rings. The third-order valence-corrected chi connectivity index (χ3v) is 2.83. The van der Waals surface area contributed by atoms with E-state index in [0.29, 0.717) is 36.0 Å². The highest BCUT2D eigenvalue weighted by atomic mass is 35.5. The first-order chi connectivity index (χ1) is 9.69. The quantitative estimate of drug-likeness (QED) is 0.828. The fourth-order valence-electron chi connectivity index (χ4n) is 1.64. The maximum Gasteiger partial charge on any atom is 0.243 e. The second-order valence-electron chi connectivity index (χ2n) is 4.10. The Kier molecular flexibility index (Phi) is 5.09. The molecule has 0 spiro atoms. The number of carbonyl (C=O) groups excluding carboxylic acids is 1. The van der Waals surface area contributed by atoms with Crippen LogP contribution in [0.1, 0.15) is 18.7 Å². The van der Waals surface area contributed by atoms with Gasteiger partial charge in [0, 0.05) is 23.4 Å². The maximum atomic E-state index is 11.2. The summed E-state index contributed by atoms with van der Waals surface area (Å²) in [7, 11) is 1.40. The molecule has 0 aliphatic heterocycles. The summed E-state index contributed by atoms with van der Waals surface area (Å²) in [6, 6.07) is 7.18. The molecule has 106 valence electrons. The fourth-order valence-corrected chi connectivity index (χ4v) is 1.76. The molecule has 1 aromatic carbocycles.